The molecule has 4 heteroatoms. The maximum Gasteiger partial charge on any atom is 0.0667 e. The van der Waals surface area contributed by atoms with E-state index in [1.54, 1.807) is 0 Å². The highest BCUT2D eigenvalue weighted by molar-refractivity contribution is 6.42. The van der Waals surface area contributed by atoms with E-state index < -0.39 is 0 Å². The molecule has 19 heavy (non-hydrogen) atoms. The molecular formula is C15H23Cl2NO. The second kappa shape index (κ2) is 8.11. The van der Waals surface area contributed by atoms with Crippen molar-refractivity contribution >= 4 is 23.2 Å². The minimum absolute atomic E-state index is 0.191. The third kappa shape index (κ3) is 5.70. The Labute approximate surface area is 126 Å². The van der Waals surface area contributed by atoms with E-state index in [0.717, 1.165) is 18.4 Å². The van der Waals surface area contributed by atoms with Crippen molar-refractivity contribution in [2.45, 2.75) is 45.8 Å². The minimum atomic E-state index is -0.308. The van der Waals surface area contributed by atoms with E-state index in [0.29, 0.717) is 22.5 Å². The predicted octanol–water partition coefficient (Wildman–Crippen LogP) is 4.44. The van der Waals surface area contributed by atoms with Crippen LogP contribution in [0.5, 0.6) is 0 Å². The van der Waals surface area contributed by atoms with Gasteiger partial charge < -0.3 is 10.4 Å². The molecular weight excluding hydrogens is 281 g/mol. The van der Waals surface area contributed by atoms with Gasteiger partial charge in [0.05, 0.1) is 16.1 Å². The molecule has 0 fully saturated rings. The topological polar surface area (TPSA) is 32.3 Å². The average Bonchev–Trinajstić information content (AvgIpc) is 2.33. The number of halogens is 2. The Kier molecular flexibility index (Phi) is 7.16. The van der Waals surface area contributed by atoms with Gasteiger partial charge in [-0.25, -0.2) is 0 Å². The van der Waals surface area contributed by atoms with E-state index in [9.17, 15) is 5.11 Å². The molecule has 108 valence electrons. The van der Waals surface area contributed by atoms with E-state index in [4.69, 9.17) is 23.2 Å². The van der Waals surface area contributed by atoms with Crippen molar-refractivity contribution in [1.29, 1.82) is 0 Å². The zero-order chi connectivity index (χ0) is 14.4. The van der Waals surface area contributed by atoms with Crippen LogP contribution in [0.15, 0.2) is 18.2 Å². The number of benzene rings is 1. The van der Waals surface area contributed by atoms with Gasteiger partial charge in [0.2, 0.25) is 0 Å². The Hall–Kier alpha value is -0.280. The fourth-order valence-corrected chi connectivity index (χ4v) is 2.44. The van der Waals surface area contributed by atoms with E-state index in [2.05, 4.69) is 26.1 Å². The lowest BCUT2D eigenvalue weighted by Crippen LogP contribution is -2.31. The fourth-order valence-electron chi connectivity index (χ4n) is 2.13. The van der Waals surface area contributed by atoms with Crippen molar-refractivity contribution in [2.24, 2.45) is 5.92 Å². The summed E-state index contributed by atoms with van der Waals surface area (Å²) in [7, 11) is 0. The summed E-state index contributed by atoms with van der Waals surface area (Å²) in [4.78, 5) is 0. The molecule has 2 unspecified atom stereocenters. The smallest absolute Gasteiger partial charge is 0.0667 e. The molecule has 0 radical (unpaired) electrons. The molecule has 2 N–H and O–H groups in total. The van der Waals surface area contributed by atoms with Crippen molar-refractivity contribution < 1.29 is 5.11 Å². The molecule has 0 aromatic heterocycles. The SMILES string of the molecule is CCC(NCC(O)CC(C)C)c1ccc(Cl)c(Cl)c1. The van der Waals surface area contributed by atoms with Crippen molar-refractivity contribution in [3.8, 4) is 0 Å². The summed E-state index contributed by atoms with van der Waals surface area (Å²) in [5, 5.41) is 14.4. The summed E-state index contributed by atoms with van der Waals surface area (Å²) in [5.41, 5.74) is 1.11. The lowest BCUT2D eigenvalue weighted by molar-refractivity contribution is 0.142. The molecule has 1 aromatic rings. The Morgan fingerprint density at radius 3 is 2.42 bits per heavy atom. The summed E-state index contributed by atoms with van der Waals surface area (Å²) < 4.78 is 0. The second-order valence-corrected chi connectivity index (χ2v) is 6.14. The van der Waals surface area contributed by atoms with E-state index >= 15 is 0 Å². The molecule has 2 nitrogen and oxygen atoms in total. The molecule has 0 amide bonds. The molecule has 2 atom stereocenters. The Morgan fingerprint density at radius 1 is 1.21 bits per heavy atom. The average molecular weight is 304 g/mol. The zero-order valence-electron chi connectivity index (χ0n) is 11.8. The number of hydrogen-bond donors (Lipinski definition) is 2. The van der Waals surface area contributed by atoms with E-state index in [1.807, 2.05) is 18.2 Å². The number of hydrogen-bond acceptors (Lipinski definition) is 2. The van der Waals surface area contributed by atoms with Gasteiger partial charge in [0.25, 0.3) is 0 Å². The van der Waals surface area contributed by atoms with Crippen LogP contribution in [0.3, 0.4) is 0 Å². The van der Waals surface area contributed by atoms with Crippen LogP contribution in [-0.2, 0) is 0 Å². The highest BCUT2D eigenvalue weighted by Gasteiger charge is 2.13. The van der Waals surface area contributed by atoms with Crippen LogP contribution < -0.4 is 5.32 Å². The molecule has 0 aliphatic heterocycles. The van der Waals surface area contributed by atoms with Crippen LogP contribution in [0.25, 0.3) is 0 Å². The number of rotatable bonds is 7. The normalized spacial score (nSPS) is 14.7. The number of aliphatic hydroxyl groups is 1. The predicted molar refractivity (Wildman–Crippen MR) is 83.0 cm³/mol. The maximum atomic E-state index is 9.90. The van der Waals surface area contributed by atoms with Gasteiger partial charge in [0.1, 0.15) is 0 Å². The first kappa shape index (κ1) is 16.8. The van der Waals surface area contributed by atoms with Gasteiger partial charge in [-0.1, -0.05) is 50.0 Å². The molecule has 0 spiro atoms. The van der Waals surface area contributed by atoms with Gasteiger partial charge in [-0.2, -0.15) is 0 Å². The number of aliphatic hydroxyl groups excluding tert-OH is 1. The van der Waals surface area contributed by atoms with Gasteiger partial charge in [-0.15, -0.1) is 0 Å². The lowest BCUT2D eigenvalue weighted by atomic mass is 10.0. The van der Waals surface area contributed by atoms with Gasteiger partial charge in [-0.05, 0) is 36.5 Å². The van der Waals surface area contributed by atoms with Crippen molar-refractivity contribution in [1.82, 2.24) is 5.32 Å². The van der Waals surface area contributed by atoms with Gasteiger partial charge in [-0.3, -0.25) is 0 Å². The summed E-state index contributed by atoms with van der Waals surface area (Å²) in [6, 6.07) is 5.87. The van der Waals surface area contributed by atoms with Gasteiger partial charge >= 0.3 is 0 Å². The fraction of sp³-hybridized carbons (Fsp3) is 0.600. The molecule has 0 aliphatic carbocycles. The monoisotopic (exact) mass is 303 g/mol. The second-order valence-electron chi connectivity index (χ2n) is 5.33. The molecule has 0 saturated heterocycles. The standard InChI is InChI=1S/C15H23Cl2NO/c1-4-15(18-9-12(19)7-10(2)3)11-5-6-13(16)14(17)8-11/h5-6,8,10,12,15,18-19H,4,7,9H2,1-3H3. The third-order valence-electron chi connectivity index (χ3n) is 3.10. The Balaban J connectivity index is 2.60. The first-order chi connectivity index (χ1) is 8.93. The highest BCUT2D eigenvalue weighted by Crippen LogP contribution is 2.26. The summed E-state index contributed by atoms with van der Waals surface area (Å²) >= 11 is 12.0. The molecule has 0 saturated carbocycles. The zero-order valence-corrected chi connectivity index (χ0v) is 13.3. The molecule has 1 aromatic carbocycles. The Bertz CT molecular complexity index is 396. The molecule has 0 bridgehead atoms. The van der Waals surface area contributed by atoms with Crippen LogP contribution in [-0.4, -0.2) is 17.8 Å². The highest BCUT2D eigenvalue weighted by atomic mass is 35.5. The van der Waals surface area contributed by atoms with Crippen molar-refractivity contribution in [3.63, 3.8) is 0 Å². The molecule has 0 aliphatic rings. The maximum absolute atomic E-state index is 9.90. The quantitative estimate of drug-likeness (QED) is 0.780. The van der Waals surface area contributed by atoms with Crippen molar-refractivity contribution in [2.75, 3.05) is 6.54 Å². The van der Waals surface area contributed by atoms with Crippen LogP contribution in [0.4, 0.5) is 0 Å². The van der Waals surface area contributed by atoms with Crippen LogP contribution in [0, 0.1) is 5.92 Å². The minimum Gasteiger partial charge on any atom is -0.392 e. The number of nitrogens with one attached hydrogen (secondary N) is 1. The van der Waals surface area contributed by atoms with Gasteiger partial charge in [0.15, 0.2) is 0 Å². The van der Waals surface area contributed by atoms with E-state index in [1.165, 1.54) is 0 Å². The Morgan fingerprint density at radius 2 is 1.89 bits per heavy atom. The molecule has 0 heterocycles. The summed E-state index contributed by atoms with van der Waals surface area (Å²) in [6.07, 6.45) is 1.44. The van der Waals surface area contributed by atoms with Crippen LogP contribution >= 0.6 is 23.2 Å². The molecule has 1 rings (SSSR count). The van der Waals surface area contributed by atoms with Crippen LogP contribution in [0.2, 0.25) is 10.0 Å². The first-order valence-electron chi connectivity index (χ1n) is 6.80. The van der Waals surface area contributed by atoms with Crippen LogP contribution in [0.1, 0.15) is 45.2 Å². The summed E-state index contributed by atoms with van der Waals surface area (Å²) in [6.45, 7) is 6.92. The lowest BCUT2D eigenvalue weighted by Gasteiger charge is -2.21. The third-order valence-corrected chi connectivity index (χ3v) is 3.84. The van der Waals surface area contributed by atoms with Crippen molar-refractivity contribution in [3.05, 3.63) is 33.8 Å². The van der Waals surface area contributed by atoms with Gasteiger partial charge in [0, 0.05) is 12.6 Å². The largest absolute Gasteiger partial charge is 0.392 e. The summed E-state index contributed by atoms with van der Waals surface area (Å²) in [5.74, 6) is 0.502. The first-order valence-corrected chi connectivity index (χ1v) is 7.56. The van der Waals surface area contributed by atoms with E-state index in [-0.39, 0.29) is 12.1 Å².